The van der Waals surface area contributed by atoms with Crippen molar-refractivity contribution in [3.05, 3.63) is 0 Å². The number of piperidine rings is 1. The molecule has 4 aliphatic rings. The molecule has 19 heavy (non-hydrogen) atoms. The second-order valence-corrected chi connectivity index (χ2v) is 6.72. The molecule has 1 aliphatic carbocycles. The molecule has 0 aromatic heterocycles. The van der Waals surface area contributed by atoms with Crippen molar-refractivity contribution in [1.82, 2.24) is 10.2 Å². The molecule has 3 aliphatic heterocycles. The molecule has 1 saturated carbocycles. The average Bonchev–Trinajstić information content (AvgIpc) is 3.11. The van der Waals surface area contributed by atoms with E-state index in [-0.39, 0.29) is 6.23 Å². The van der Waals surface area contributed by atoms with Crippen molar-refractivity contribution in [3.8, 4) is 0 Å². The van der Waals surface area contributed by atoms with E-state index in [0.29, 0.717) is 11.9 Å². The second-order valence-electron chi connectivity index (χ2n) is 6.72. The van der Waals surface area contributed by atoms with E-state index in [9.17, 15) is 4.79 Å². The first-order chi connectivity index (χ1) is 9.30. The Morgan fingerprint density at radius 3 is 2.58 bits per heavy atom. The highest BCUT2D eigenvalue weighted by Crippen LogP contribution is 2.46. The van der Waals surface area contributed by atoms with Gasteiger partial charge in [0.15, 0.2) is 5.60 Å². The summed E-state index contributed by atoms with van der Waals surface area (Å²) in [5.74, 6) is 1.06. The molecule has 4 rings (SSSR count). The van der Waals surface area contributed by atoms with Crippen LogP contribution in [0.1, 0.15) is 51.4 Å². The lowest BCUT2D eigenvalue weighted by molar-refractivity contribution is -0.141. The highest BCUT2D eigenvalue weighted by molar-refractivity contribution is 5.88. The van der Waals surface area contributed by atoms with Crippen molar-refractivity contribution in [3.63, 3.8) is 0 Å². The molecule has 0 radical (unpaired) electrons. The van der Waals surface area contributed by atoms with Gasteiger partial charge in [-0.1, -0.05) is 12.8 Å². The van der Waals surface area contributed by atoms with Gasteiger partial charge in [0.2, 0.25) is 0 Å². The Morgan fingerprint density at radius 2 is 1.84 bits per heavy atom. The Labute approximate surface area is 114 Å². The molecule has 4 nitrogen and oxygen atoms in total. The standard InChI is InChI=1S/C15H24N2O2/c18-14-15(7-9-16-10-8-15)19-13-6-5-12(17(13)14)11-3-1-2-4-11/h11-13,16H,1-10H2. The topological polar surface area (TPSA) is 41.6 Å². The van der Waals surface area contributed by atoms with Gasteiger partial charge in [0.25, 0.3) is 5.91 Å². The Morgan fingerprint density at radius 1 is 1.11 bits per heavy atom. The number of nitrogens with one attached hydrogen (secondary N) is 1. The van der Waals surface area contributed by atoms with Crippen molar-refractivity contribution in [2.24, 2.45) is 5.92 Å². The van der Waals surface area contributed by atoms with E-state index < -0.39 is 5.60 Å². The fourth-order valence-corrected chi connectivity index (χ4v) is 4.72. The molecule has 0 aromatic carbocycles. The molecule has 1 N–H and O–H groups in total. The molecule has 4 heteroatoms. The van der Waals surface area contributed by atoms with E-state index in [0.717, 1.165) is 44.7 Å². The quantitative estimate of drug-likeness (QED) is 0.783. The summed E-state index contributed by atoms with van der Waals surface area (Å²) in [5.41, 5.74) is -0.465. The minimum Gasteiger partial charge on any atom is -0.342 e. The minimum atomic E-state index is -0.465. The summed E-state index contributed by atoms with van der Waals surface area (Å²) >= 11 is 0. The lowest BCUT2D eigenvalue weighted by Gasteiger charge is -2.33. The van der Waals surface area contributed by atoms with Crippen LogP contribution in [0.25, 0.3) is 0 Å². The van der Waals surface area contributed by atoms with Gasteiger partial charge in [0.1, 0.15) is 6.23 Å². The van der Waals surface area contributed by atoms with E-state index >= 15 is 0 Å². The largest absolute Gasteiger partial charge is 0.342 e. The molecule has 1 amide bonds. The predicted molar refractivity (Wildman–Crippen MR) is 71.5 cm³/mol. The number of ether oxygens (including phenoxy) is 1. The van der Waals surface area contributed by atoms with Gasteiger partial charge in [-0.25, -0.2) is 0 Å². The van der Waals surface area contributed by atoms with E-state index in [2.05, 4.69) is 10.2 Å². The molecule has 0 aromatic rings. The SMILES string of the molecule is O=C1N2C(CCC2C2CCCC2)OC12CCNCC2. The normalized spacial score (nSPS) is 38.3. The first-order valence-electron chi connectivity index (χ1n) is 8.01. The lowest BCUT2D eigenvalue weighted by Crippen LogP contribution is -2.50. The summed E-state index contributed by atoms with van der Waals surface area (Å²) in [4.78, 5) is 15.1. The highest BCUT2D eigenvalue weighted by atomic mass is 16.6. The smallest absolute Gasteiger partial charge is 0.257 e. The molecule has 4 fully saturated rings. The maximum absolute atomic E-state index is 12.9. The minimum absolute atomic E-state index is 0.0937. The van der Waals surface area contributed by atoms with Crippen LogP contribution < -0.4 is 5.32 Å². The second kappa shape index (κ2) is 4.45. The number of fused-ring (bicyclic) bond motifs is 1. The maximum Gasteiger partial charge on any atom is 0.257 e. The predicted octanol–water partition coefficient (Wildman–Crippen LogP) is 1.65. The summed E-state index contributed by atoms with van der Waals surface area (Å²) in [6.07, 6.45) is 9.36. The van der Waals surface area contributed by atoms with Crippen LogP contribution in [0, 0.1) is 5.92 Å². The summed E-state index contributed by atoms with van der Waals surface area (Å²) in [6, 6.07) is 0.481. The molecular weight excluding hydrogens is 240 g/mol. The zero-order chi connectivity index (χ0) is 12.9. The van der Waals surface area contributed by atoms with Crippen LogP contribution in [0.15, 0.2) is 0 Å². The number of hydrogen-bond donors (Lipinski definition) is 1. The summed E-state index contributed by atoms with van der Waals surface area (Å²) in [7, 11) is 0. The van der Waals surface area contributed by atoms with Gasteiger partial charge >= 0.3 is 0 Å². The number of carbonyl (C=O) groups is 1. The van der Waals surface area contributed by atoms with Crippen LogP contribution in [0.3, 0.4) is 0 Å². The van der Waals surface area contributed by atoms with E-state index in [1.165, 1.54) is 25.7 Å². The Balaban J connectivity index is 1.56. The first kappa shape index (κ1) is 12.2. The van der Waals surface area contributed by atoms with Crippen LogP contribution in [0.2, 0.25) is 0 Å². The van der Waals surface area contributed by atoms with Crippen molar-refractivity contribution in [2.75, 3.05) is 13.1 Å². The number of hydrogen-bond acceptors (Lipinski definition) is 3. The fourth-order valence-electron chi connectivity index (χ4n) is 4.72. The summed E-state index contributed by atoms with van der Waals surface area (Å²) < 4.78 is 6.25. The highest BCUT2D eigenvalue weighted by Gasteiger charge is 2.58. The van der Waals surface area contributed by atoms with Crippen molar-refractivity contribution >= 4 is 5.91 Å². The van der Waals surface area contributed by atoms with Crippen molar-refractivity contribution < 1.29 is 9.53 Å². The van der Waals surface area contributed by atoms with Crippen LogP contribution in [-0.4, -0.2) is 41.8 Å². The third kappa shape index (κ3) is 1.76. The average molecular weight is 264 g/mol. The van der Waals surface area contributed by atoms with Crippen LogP contribution in [-0.2, 0) is 9.53 Å². The molecule has 2 unspecified atom stereocenters. The third-order valence-corrected chi connectivity index (χ3v) is 5.72. The zero-order valence-electron chi connectivity index (χ0n) is 11.6. The van der Waals surface area contributed by atoms with Gasteiger partial charge in [-0.2, -0.15) is 0 Å². The number of carbonyl (C=O) groups excluding carboxylic acids is 1. The number of nitrogens with zero attached hydrogens (tertiary/aromatic N) is 1. The van der Waals surface area contributed by atoms with Gasteiger partial charge in [0.05, 0.1) is 0 Å². The molecule has 3 saturated heterocycles. The van der Waals surface area contributed by atoms with Gasteiger partial charge in [0, 0.05) is 6.04 Å². The summed E-state index contributed by atoms with van der Waals surface area (Å²) in [5, 5.41) is 3.34. The van der Waals surface area contributed by atoms with Crippen LogP contribution in [0.4, 0.5) is 0 Å². The van der Waals surface area contributed by atoms with Gasteiger partial charge in [-0.15, -0.1) is 0 Å². The van der Waals surface area contributed by atoms with Crippen LogP contribution in [0.5, 0.6) is 0 Å². The fraction of sp³-hybridized carbons (Fsp3) is 0.933. The van der Waals surface area contributed by atoms with E-state index in [1.807, 2.05) is 0 Å². The van der Waals surface area contributed by atoms with Gasteiger partial charge in [-0.3, -0.25) is 4.79 Å². The van der Waals surface area contributed by atoms with E-state index in [4.69, 9.17) is 4.74 Å². The monoisotopic (exact) mass is 264 g/mol. The third-order valence-electron chi connectivity index (χ3n) is 5.72. The molecular formula is C15H24N2O2. The van der Waals surface area contributed by atoms with E-state index in [1.54, 1.807) is 0 Å². The molecule has 1 spiro atoms. The van der Waals surface area contributed by atoms with Crippen molar-refractivity contribution in [1.29, 1.82) is 0 Å². The van der Waals surface area contributed by atoms with Gasteiger partial charge in [-0.05, 0) is 57.5 Å². The summed E-state index contributed by atoms with van der Waals surface area (Å²) in [6.45, 7) is 1.83. The Hall–Kier alpha value is -0.610. The molecule has 2 atom stereocenters. The first-order valence-corrected chi connectivity index (χ1v) is 8.01. The van der Waals surface area contributed by atoms with Crippen molar-refractivity contribution in [2.45, 2.75) is 69.2 Å². The maximum atomic E-state index is 12.9. The number of amides is 1. The molecule has 0 bridgehead atoms. The zero-order valence-corrected chi connectivity index (χ0v) is 11.6. The van der Waals surface area contributed by atoms with Gasteiger partial charge < -0.3 is 15.0 Å². The molecule has 3 heterocycles. The Kier molecular flexibility index (Phi) is 2.85. The lowest BCUT2D eigenvalue weighted by atomic mass is 9.89. The van der Waals surface area contributed by atoms with Crippen LogP contribution >= 0.6 is 0 Å². The number of rotatable bonds is 1. The Bertz CT molecular complexity index is 372. The molecule has 106 valence electrons.